The fourth-order valence-electron chi connectivity index (χ4n) is 2.42. The van der Waals surface area contributed by atoms with Crippen LogP contribution < -0.4 is 10.6 Å². The van der Waals surface area contributed by atoms with Crippen LogP contribution in [0.5, 0.6) is 0 Å². The quantitative estimate of drug-likeness (QED) is 0.776. The average molecular weight is 220 g/mol. The van der Waals surface area contributed by atoms with Gasteiger partial charge in [-0.05, 0) is 31.4 Å². The van der Waals surface area contributed by atoms with Crippen molar-refractivity contribution in [2.75, 3.05) is 30.9 Å². The van der Waals surface area contributed by atoms with E-state index in [1.807, 2.05) is 12.1 Å². The van der Waals surface area contributed by atoms with E-state index < -0.39 is 0 Å². The SMILES string of the molecule is Cc1cccc(N)c1N(C)C1CCOCC1. The summed E-state index contributed by atoms with van der Waals surface area (Å²) in [7, 11) is 2.13. The number of nitrogens with two attached hydrogens (primary N) is 1. The third-order valence-electron chi connectivity index (χ3n) is 3.36. The molecule has 0 radical (unpaired) electrons. The van der Waals surface area contributed by atoms with E-state index in [9.17, 15) is 0 Å². The van der Waals surface area contributed by atoms with Gasteiger partial charge in [0.15, 0.2) is 0 Å². The lowest BCUT2D eigenvalue weighted by Gasteiger charge is -2.34. The molecule has 0 spiro atoms. The first-order valence-corrected chi connectivity index (χ1v) is 5.86. The van der Waals surface area contributed by atoms with Crippen LogP contribution in [0.25, 0.3) is 0 Å². The van der Waals surface area contributed by atoms with E-state index >= 15 is 0 Å². The highest BCUT2D eigenvalue weighted by Crippen LogP contribution is 2.29. The lowest BCUT2D eigenvalue weighted by molar-refractivity contribution is 0.0855. The summed E-state index contributed by atoms with van der Waals surface area (Å²) in [6.45, 7) is 3.84. The van der Waals surface area contributed by atoms with Crippen LogP contribution in [0.2, 0.25) is 0 Å². The molecular formula is C13H20N2O. The summed E-state index contributed by atoms with van der Waals surface area (Å²) in [6, 6.07) is 6.64. The molecule has 0 bridgehead atoms. The zero-order valence-electron chi connectivity index (χ0n) is 10.1. The normalized spacial score (nSPS) is 17.4. The Hall–Kier alpha value is -1.22. The second-order valence-electron chi connectivity index (χ2n) is 4.47. The molecule has 88 valence electrons. The Bertz CT molecular complexity index is 339. The number of benzene rings is 1. The zero-order valence-corrected chi connectivity index (χ0v) is 10.1. The molecule has 0 unspecified atom stereocenters. The maximum atomic E-state index is 6.06. The summed E-state index contributed by atoms with van der Waals surface area (Å²) in [5.74, 6) is 0. The van der Waals surface area contributed by atoms with E-state index in [0.717, 1.165) is 31.7 Å². The van der Waals surface area contributed by atoms with E-state index in [4.69, 9.17) is 10.5 Å². The molecule has 0 saturated carbocycles. The lowest BCUT2D eigenvalue weighted by Crippen LogP contribution is -2.37. The van der Waals surface area contributed by atoms with Crippen molar-refractivity contribution in [1.82, 2.24) is 0 Å². The Kier molecular flexibility index (Phi) is 3.34. The molecule has 1 aliphatic rings. The molecule has 0 atom stereocenters. The van der Waals surface area contributed by atoms with Crippen LogP contribution >= 0.6 is 0 Å². The van der Waals surface area contributed by atoms with Gasteiger partial charge in [-0.15, -0.1) is 0 Å². The minimum atomic E-state index is 0.553. The fourth-order valence-corrected chi connectivity index (χ4v) is 2.42. The summed E-state index contributed by atoms with van der Waals surface area (Å²) < 4.78 is 5.39. The molecule has 16 heavy (non-hydrogen) atoms. The first-order valence-electron chi connectivity index (χ1n) is 5.86. The molecule has 1 aromatic carbocycles. The molecule has 0 amide bonds. The van der Waals surface area contributed by atoms with Crippen molar-refractivity contribution in [3.63, 3.8) is 0 Å². The molecule has 0 aromatic heterocycles. The number of nitrogens with zero attached hydrogens (tertiary/aromatic N) is 1. The van der Waals surface area contributed by atoms with E-state index in [-0.39, 0.29) is 0 Å². The van der Waals surface area contributed by atoms with Crippen molar-refractivity contribution in [2.24, 2.45) is 0 Å². The number of rotatable bonds is 2. The Balaban J connectivity index is 2.22. The first-order chi connectivity index (χ1) is 7.70. The average Bonchev–Trinajstić information content (AvgIpc) is 2.30. The maximum Gasteiger partial charge on any atom is 0.0629 e. The standard InChI is InChI=1S/C13H20N2O/c1-10-4-3-5-12(14)13(10)15(2)11-6-8-16-9-7-11/h3-5,11H,6-9,14H2,1-2H3. The molecule has 1 saturated heterocycles. The van der Waals surface area contributed by atoms with Crippen LogP contribution in [0.15, 0.2) is 18.2 Å². The minimum Gasteiger partial charge on any atom is -0.397 e. The summed E-state index contributed by atoms with van der Waals surface area (Å²) in [6.07, 6.45) is 2.18. The molecule has 2 N–H and O–H groups in total. The van der Waals surface area contributed by atoms with Crippen molar-refractivity contribution >= 4 is 11.4 Å². The Morgan fingerprint density at radius 2 is 2.00 bits per heavy atom. The molecule has 1 aromatic rings. The molecule has 2 rings (SSSR count). The van der Waals surface area contributed by atoms with Gasteiger partial charge >= 0.3 is 0 Å². The van der Waals surface area contributed by atoms with Gasteiger partial charge in [0, 0.05) is 26.3 Å². The molecular weight excluding hydrogens is 200 g/mol. The Morgan fingerprint density at radius 1 is 1.31 bits per heavy atom. The zero-order chi connectivity index (χ0) is 11.5. The van der Waals surface area contributed by atoms with Crippen LogP contribution in [0.1, 0.15) is 18.4 Å². The highest BCUT2D eigenvalue weighted by Gasteiger charge is 2.20. The number of aryl methyl sites for hydroxylation is 1. The van der Waals surface area contributed by atoms with Crippen LogP contribution in [0, 0.1) is 6.92 Å². The van der Waals surface area contributed by atoms with Crippen LogP contribution in [0.4, 0.5) is 11.4 Å². The van der Waals surface area contributed by atoms with E-state index in [1.54, 1.807) is 0 Å². The van der Waals surface area contributed by atoms with Gasteiger partial charge in [-0.25, -0.2) is 0 Å². The van der Waals surface area contributed by atoms with Gasteiger partial charge in [0.1, 0.15) is 0 Å². The predicted octanol–water partition coefficient (Wildman–Crippen LogP) is 2.19. The summed E-state index contributed by atoms with van der Waals surface area (Å²) in [4.78, 5) is 2.31. The second-order valence-corrected chi connectivity index (χ2v) is 4.47. The first kappa shape index (κ1) is 11.3. The molecule has 3 nitrogen and oxygen atoms in total. The van der Waals surface area contributed by atoms with Crippen LogP contribution in [-0.4, -0.2) is 26.3 Å². The minimum absolute atomic E-state index is 0.553. The molecule has 3 heteroatoms. The highest BCUT2D eigenvalue weighted by atomic mass is 16.5. The third-order valence-corrected chi connectivity index (χ3v) is 3.36. The number of ether oxygens (including phenoxy) is 1. The molecule has 1 aliphatic heterocycles. The number of hydrogen-bond acceptors (Lipinski definition) is 3. The second kappa shape index (κ2) is 4.74. The van der Waals surface area contributed by atoms with E-state index in [0.29, 0.717) is 6.04 Å². The van der Waals surface area contributed by atoms with E-state index in [2.05, 4.69) is 24.9 Å². The van der Waals surface area contributed by atoms with Gasteiger partial charge in [-0.2, -0.15) is 0 Å². The molecule has 1 heterocycles. The van der Waals surface area contributed by atoms with Crippen LogP contribution in [0.3, 0.4) is 0 Å². The van der Waals surface area contributed by atoms with Crippen molar-refractivity contribution in [1.29, 1.82) is 0 Å². The van der Waals surface area contributed by atoms with E-state index in [1.165, 1.54) is 11.3 Å². The van der Waals surface area contributed by atoms with Crippen molar-refractivity contribution in [3.05, 3.63) is 23.8 Å². The van der Waals surface area contributed by atoms with Gasteiger partial charge in [0.25, 0.3) is 0 Å². The van der Waals surface area contributed by atoms with Gasteiger partial charge in [0.05, 0.1) is 11.4 Å². The van der Waals surface area contributed by atoms with Gasteiger partial charge in [-0.1, -0.05) is 12.1 Å². The third kappa shape index (κ3) is 2.14. The topological polar surface area (TPSA) is 38.5 Å². The molecule has 1 fully saturated rings. The van der Waals surface area contributed by atoms with Crippen LogP contribution in [-0.2, 0) is 4.74 Å². The lowest BCUT2D eigenvalue weighted by atomic mass is 10.0. The van der Waals surface area contributed by atoms with Gasteiger partial charge in [0.2, 0.25) is 0 Å². The fraction of sp³-hybridized carbons (Fsp3) is 0.538. The molecule has 0 aliphatic carbocycles. The van der Waals surface area contributed by atoms with Gasteiger partial charge in [-0.3, -0.25) is 0 Å². The number of nitrogen functional groups attached to an aromatic ring is 1. The highest BCUT2D eigenvalue weighted by molar-refractivity contribution is 5.71. The maximum absolute atomic E-state index is 6.06. The predicted molar refractivity (Wildman–Crippen MR) is 67.8 cm³/mol. The summed E-state index contributed by atoms with van der Waals surface area (Å²) in [5.41, 5.74) is 9.35. The van der Waals surface area contributed by atoms with Crippen molar-refractivity contribution < 1.29 is 4.74 Å². The van der Waals surface area contributed by atoms with Crippen molar-refractivity contribution in [3.8, 4) is 0 Å². The monoisotopic (exact) mass is 220 g/mol. The summed E-state index contributed by atoms with van der Waals surface area (Å²) in [5, 5.41) is 0. The number of para-hydroxylation sites is 1. The largest absolute Gasteiger partial charge is 0.397 e. The van der Waals surface area contributed by atoms with Gasteiger partial charge < -0.3 is 15.4 Å². The smallest absolute Gasteiger partial charge is 0.0629 e. The Labute approximate surface area is 97.2 Å². The number of anilines is 2. The summed E-state index contributed by atoms with van der Waals surface area (Å²) >= 11 is 0. The Morgan fingerprint density at radius 3 is 2.62 bits per heavy atom. The number of hydrogen-bond donors (Lipinski definition) is 1. The van der Waals surface area contributed by atoms with Crippen molar-refractivity contribution in [2.45, 2.75) is 25.8 Å².